The summed E-state index contributed by atoms with van der Waals surface area (Å²) in [6, 6.07) is 17.7. The number of nitrogens with zero attached hydrogens (tertiary/aromatic N) is 4. The molecule has 4 rings (SSSR count). The number of ether oxygens (including phenoxy) is 1. The smallest absolute Gasteiger partial charge is 0.257 e. The predicted molar refractivity (Wildman–Crippen MR) is 113 cm³/mol. The number of piperazine rings is 1. The maximum atomic E-state index is 12.8. The number of amides is 1. The molecule has 7 heteroatoms. The van der Waals surface area contributed by atoms with Crippen LogP contribution in [0, 0.1) is 0 Å². The minimum absolute atomic E-state index is 0.0364. The lowest BCUT2D eigenvalue weighted by Gasteiger charge is -2.36. The van der Waals surface area contributed by atoms with Crippen molar-refractivity contribution in [2.75, 3.05) is 43.5 Å². The monoisotopic (exact) mass is 389 g/mol. The van der Waals surface area contributed by atoms with Gasteiger partial charge in [-0.1, -0.05) is 18.2 Å². The van der Waals surface area contributed by atoms with Crippen molar-refractivity contribution in [1.82, 2.24) is 14.9 Å². The molecule has 0 saturated carbocycles. The molecule has 1 saturated heterocycles. The van der Waals surface area contributed by atoms with Crippen molar-refractivity contribution in [2.24, 2.45) is 0 Å². The standard InChI is InChI=1S/C22H23N5O2/c1-29-20-9-7-19(8-10-20)26-11-13-27(14-12-26)21(28)17-15-23-22(24-16-17)25-18-5-3-2-4-6-18/h2-10,15-16H,11-14H2,1H3,(H,23,24,25). The van der Waals surface area contributed by atoms with Gasteiger partial charge in [-0.05, 0) is 36.4 Å². The molecule has 1 amide bonds. The van der Waals surface area contributed by atoms with Crippen molar-refractivity contribution in [2.45, 2.75) is 0 Å². The quantitative estimate of drug-likeness (QED) is 0.723. The predicted octanol–water partition coefficient (Wildman–Crippen LogP) is 3.19. The number of carbonyl (C=O) groups excluding carboxylic acids is 1. The molecule has 1 fully saturated rings. The van der Waals surface area contributed by atoms with Crippen LogP contribution in [0.5, 0.6) is 5.75 Å². The van der Waals surface area contributed by atoms with E-state index in [0.717, 1.165) is 30.2 Å². The number of aromatic nitrogens is 2. The number of anilines is 3. The van der Waals surface area contributed by atoms with Crippen LogP contribution >= 0.6 is 0 Å². The topological polar surface area (TPSA) is 70.6 Å². The molecule has 1 aromatic heterocycles. The largest absolute Gasteiger partial charge is 0.497 e. The van der Waals surface area contributed by atoms with E-state index in [0.29, 0.717) is 24.6 Å². The summed E-state index contributed by atoms with van der Waals surface area (Å²) in [6.45, 7) is 2.89. The molecule has 148 valence electrons. The number of carbonyl (C=O) groups is 1. The van der Waals surface area contributed by atoms with Gasteiger partial charge in [-0.2, -0.15) is 0 Å². The zero-order chi connectivity index (χ0) is 20.1. The summed E-state index contributed by atoms with van der Waals surface area (Å²) in [7, 11) is 1.66. The van der Waals surface area contributed by atoms with Crippen LogP contribution < -0.4 is 15.0 Å². The Kier molecular flexibility index (Phi) is 5.56. The summed E-state index contributed by atoms with van der Waals surface area (Å²) in [4.78, 5) is 25.5. The van der Waals surface area contributed by atoms with Crippen LogP contribution in [0.25, 0.3) is 0 Å². The van der Waals surface area contributed by atoms with Crippen LogP contribution in [0.1, 0.15) is 10.4 Å². The van der Waals surface area contributed by atoms with E-state index >= 15 is 0 Å². The minimum atomic E-state index is -0.0364. The second-order valence-electron chi connectivity index (χ2n) is 6.76. The summed E-state index contributed by atoms with van der Waals surface area (Å²) in [6.07, 6.45) is 3.16. The summed E-state index contributed by atoms with van der Waals surface area (Å²) in [5.41, 5.74) is 2.54. The average molecular weight is 389 g/mol. The van der Waals surface area contributed by atoms with E-state index in [1.54, 1.807) is 19.5 Å². The summed E-state index contributed by atoms with van der Waals surface area (Å²) in [5.74, 6) is 1.27. The number of hydrogen-bond acceptors (Lipinski definition) is 6. The molecule has 1 N–H and O–H groups in total. The Hall–Kier alpha value is -3.61. The zero-order valence-electron chi connectivity index (χ0n) is 16.3. The summed E-state index contributed by atoms with van der Waals surface area (Å²) >= 11 is 0. The van der Waals surface area contributed by atoms with Crippen molar-refractivity contribution in [1.29, 1.82) is 0 Å². The van der Waals surface area contributed by atoms with E-state index in [1.807, 2.05) is 59.5 Å². The van der Waals surface area contributed by atoms with Crippen molar-refractivity contribution in [3.63, 3.8) is 0 Å². The van der Waals surface area contributed by atoms with Crippen LogP contribution in [0.2, 0.25) is 0 Å². The highest BCUT2D eigenvalue weighted by molar-refractivity contribution is 5.94. The molecule has 1 aliphatic heterocycles. The molecule has 2 heterocycles. The Morgan fingerprint density at radius 2 is 1.59 bits per heavy atom. The Balaban J connectivity index is 1.34. The van der Waals surface area contributed by atoms with Gasteiger partial charge in [0, 0.05) is 49.9 Å². The van der Waals surface area contributed by atoms with E-state index in [1.165, 1.54) is 0 Å². The normalized spacial score (nSPS) is 13.8. The van der Waals surface area contributed by atoms with Gasteiger partial charge in [-0.25, -0.2) is 9.97 Å². The second-order valence-corrected chi connectivity index (χ2v) is 6.76. The van der Waals surface area contributed by atoms with Gasteiger partial charge in [0.25, 0.3) is 5.91 Å². The highest BCUT2D eigenvalue weighted by Gasteiger charge is 2.23. The van der Waals surface area contributed by atoms with Crippen LogP contribution in [0.3, 0.4) is 0 Å². The number of methoxy groups -OCH3 is 1. The van der Waals surface area contributed by atoms with Crippen LogP contribution in [-0.2, 0) is 0 Å². The first-order valence-electron chi connectivity index (χ1n) is 9.55. The maximum absolute atomic E-state index is 12.8. The first-order valence-corrected chi connectivity index (χ1v) is 9.55. The molecule has 2 aromatic carbocycles. The Labute approximate surface area is 170 Å². The number of para-hydroxylation sites is 1. The van der Waals surface area contributed by atoms with Gasteiger partial charge < -0.3 is 19.9 Å². The van der Waals surface area contributed by atoms with Crippen molar-refractivity contribution in [3.8, 4) is 5.75 Å². The Bertz CT molecular complexity index is 937. The van der Waals surface area contributed by atoms with Gasteiger partial charge in [0.15, 0.2) is 0 Å². The van der Waals surface area contributed by atoms with E-state index in [4.69, 9.17) is 4.74 Å². The molecule has 0 unspecified atom stereocenters. The van der Waals surface area contributed by atoms with Gasteiger partial charge in [-0.15, -0.1) is 0 Å². The SMILES string of the molecule is COc1ccc(N2CCN(C(=O)c3cnc(Nc4ccccc4)nc3)CC2)cc1. The zero-order valence-corrected chi connectivity index (χ0v) is 16.3. The molecule has 0 bridgehead atoms. The van der Waals surface area contributed by atoms with Crippen molar-refractivity contribution >= 4 is 23.2 Å². The van der Waals surface area contributed by atoms with E-state index in [2.05, 4.69) is 20.2 Å². The second kappa shape index (κ2) is 8.60. The van der Waals surface area contributed by atoms with Crippen LogP contribution in [0.4, 0.5) is 17.3 Å². The highest BCUT2D eigenvalue weighted by Crippen LogP contribution is 2.21. The summed E-state index contributed by atoms with van der Waals surface area (Å²) in [5, 5.41) is 3.12. The fourth-order valence-electron chi connectivity index (χ4n) is 3.30. The number of benzene rings is 2. The molecule has 0 aliphatic carbocycles. The third-order valence-electron chi connectivity index (χ3n) is 4.93. The van der Waals surface area contributed by atoms with Gasteiger partial charge >= 0.3 is 0 Å². The van der Waals surface area contributed by atoms with Gasteiger partial charge in [0.2, 0.25) is 5.95 Å². The third-order valence-corrected chi connectivity index (χ3v) is 4.93. The molecular formula is C22H23N5O2. The van der Waals surface area contributed by atoms with E-state index in [9.17, 15) is 4.79 Å². The fourth-order valence-corrected chi connectivity index (χ4v) is 3.30. The molecule has 3 aromatic rings. The molecule has 0 atom stereocenters. The molecule has 0 spiro atoms. The minimum Gasteiger partial charge on any atom is -0.497 e. The van der Waals surface area contributed by atoms with E-state index in [-0.39, 0.29) is 5.91 Å². The average Bonchev–Trinajstić information content (AvgIpc) is 2.80. The maximum Gasteiger partial charge on any atom is 0.257 e. The molecule has 1 aliphatic rings. The lowest BCUT2D eigenvalue weighted by atomic mass is 10.2. The van der Waals surface area contributed by atoms with Crippen molar-refractivity contribution < 1.29 is 9.53 Å². The first kappa shape index (κ1) is 18.7. The van der Waals surface area contributed by atoms with Gasteiger partial charge in [0.1, 0.15) is 5.75 Å². The molecular weight excluding hydrogens is 366 g/mol. The number of nitrogens with one attached hydrogen (secondary N) is 1. The highest BCUT2D eigenvalue weighted by atomic mass is 16.5. The lowest BCUT2D eigenvalue weighted by Crippen LogP contribution is -2.48. The van der Waals surface area contributed by atoms with Crippen molar-refractivity contribution in [3.05, 3.63) is 72.6 Å². The number of rotatable bonds is 5. The summed E-state index contributed by atoms with van der Waals surface area (Å²) < 4.78 is 5.21. The molecule has 7 nitrogen and oxygen atoms in total. The molecule has 0 radical (unpaired) electrons. The first-order chi connectivity index (χ1) is 14.2. The van der Waals surface area contributed by atoms with Crippen LogP contribution in [0.15, 0.2) is 67.0 Å². The lowest BCUT2D eigenvalue weighted by molar-refractivity contribution is 0.0746. The Morgan fingerprint density at radius 1 is 0.931 bits per heavy atom. The third kappa shape index (κ3) is 4.45. The number of hydrogen-bond donors (Lipinski definition) is 1. The Morgan fingerprint density at radius 3 is 2.21 bits per heavy atom. The van der Waals surface area contributed by atoms with Gasteiger partial charge in [-0.3, -0.25) is 4.79 Å². The molecule has 29 heavy (non-hydrogen) atoms. The van der Waals surface area contributed by atoms with Gasteiger partial charge in [0.05, 0.1) is 12.7 Å². The fraction of sp³-hybridized carbons (Fsp3) is 0.227. The van der Waals surface area contributed by atoms with Crippen LogP contribution in [-0.4, -0.2) is 54.1 Å². The van der Waals surface area contributed by atoms with E-state index < -0.39 is 0 Å².